The predicted molar refractivity (Wildman–Crippen MR) is 116 cm³/mol. The van der Waals surface area contributed by atoms with Gasteiger partial charge in [-0.2, -0.15) is 0 Å². The van der Waals surface area contributed by atoms with E-state index in [2.05, 4.69) is 0 Å². The Bertz CT molecular complexity index is 1230. The van der Waals surface area contributed by atoms with Gasteiger partial charge in [-0.25, -0.2) is 9.59 Å². The number of nitrogen functional groups attached to an aromatic ring is 1. The number of carbonyl (C=O) groups excluding carboxylic acids is 2. The molecule has 0 fully saturated rings. The van der Waals surface area contributed by atoms with Gasteiger partial charge in [0.25, 0.3) is 5.56 Å². The van der Waals surface area contributed by atoms with Crippen molar-refractivity contribution in [2.75, 3.05) is 12.3 Å². The Morgan fingerprint density at radius 1 is 0.968 bits per heavy atom. The Kier molecular flexibility index (Phi) is 6.49. The third kappa shape index (κ3) is 4.63. The molecule has 0 atom stereocenters. The van der Waals surface area contributed by atoms with Gasteiger partial charge in [-0.15, -0.1) is 0 Å². The number of ether oxygens (including phenoxy) is 1. The summed E-state index contributed by atoms with van der Waals surface area (Å²) in [6, 6.07) is 15.7. The second-order valence-electron chi connectivity index (χ2n) is 7.03. The summed E-state index contributed by atoms with van der Waals surface area (Å²) >= 11 is 0. The van der Waals surface area contributed by atoms with E-state index in [1.165, 1.54) is 4.57 Å². The van der Waals surface area contributed by atoms with Crippen molar-refractivity contribution < 1.29 is 14.3 Å². The highest BCUT2D eigenvalue weighted by Gasteiger charge is 2.23. The normalized spacial score (nSPS) is 10.6. The molecule has 160 valence electrons. The molecule has 0 unspecified atom stereocenters. The number of esters is 1. The van der Waals surface area contributed by atoms with Crippen LogP contribution in [0.5, 0.6) is 0 Å². The zero-order chi connectivity index (χ0) is 22.5. The molecule has 1 aromatic heterocycles. The summed E-state index contributed by atoms with van der Waals surface area (Å²) in [5.41, 5.74) is 6.34. The summed E-state index contributed by atoms with van der Waals surface area (Å²) < 4.78 is 7.19. The average Bonchev–Trinajstić information content (AvgIpc) is 2.76. The van der Waals surface area contributed by atoms with Gasteiger partial charge >= 0.3 is 11.7 Å². The summed E-state index contributed by atoms with van der Waals surface area (Å²) in [6.07, 6.45) is 0. The number of nitrogens with zero attached hydrogens (tertiary/aromatic N) is 2. The highest BCUT2D eigenvalue weighted by Crippen LogP contribution is 2.11. The number of benzene rings is 2. The number of carbonyl (C=O) groups is 2. The Labute approximate surface area is 178 Å². The maximum Gasteiger partial charge on any atom is 0.338 e. The first-order valence-corrected chi connectivity index (χ1v) is 9.77. The van der Waals surface area contributed by atoms with Crippen LogP contribution in [0.2, 0.25) is 0 Å². The predicted octanol–water partition coefficient (Wildman–Crippen LogP) is 2.01. The van der Waals surface area contributed by atoms with Gasteiger partial charge in [0.05, 0.1) is 12.1 Å². The lowest BCUT2D eigenvalue weighted by atomic mass is 10.1. The van der Waals surface area contributed by atoms with Gasteiger partial charge in [-0.1, -0.05) is 48.0 Å². The maximum absolute atomic E-state index is 12.8. The van der Waals surface area contributed by atoms with Crippen molar-refractivity contribution in [3.05, 3.63) is 97.7 Å². The maximum atomic E-state index is 12.8. The SMILES string of the molecule is CCn1c(=O)c(C(=O)COC(=O)c2ccc(C)cc2)c(N)n(Cc2ccccc2)c1=O. The molecule has 3 rings (SSSR count). The molecule has 31 heavy (non-hydrogen) atoms. The molecule has 2 aromatic carbocycles. The summed E-state index contributed by atoms with van der Waals surface area (Å²) in [4.78, 5) is 50.5. The fraction of sp³-hybridized carbons (Fsp3) is 0.217. The first-order valence-electron chi connectivity index (χ1n) is 9.77. The Hall–Kier alpha value is -3.94. The number of anilines is 1. The van der Waals surface area contributed by atoms with Crippen LogP contribution in [0.4, 0.5) is 5.82 Å². The minimum absolute atomic E-state index is 0.0656. The zero-order valence-electron chi connectivity index (χ0n) is 17.3. The Morgan fingerprint density at radius 2 is 1.61 bits per heavy atom. The van der Waals surface area contributed by atoms with Gasteiger partial charge in [0.2, 0.25) is 5.78 Å². The van der Waals surface area contributed by atoms with Crippen molar-refractivity contribution >= 4 is 17.6 Å². The van der Waals surface area contributed by atoms with Crippen LogP contribution in [0, 0.1) is 6.92 Å². The van der Waals surface area contributed by atoms with Gasteiger partial charge < -0.3 is 10.5 Å². The lowest BCUT2D eigenvalue weighted by molar-refractivity contribution is 0.0474. The van der Waals surface area contributed by atoms with E-state index in [9.17, 15) is 19.2 Å². The third-order valence-electron chi connectivity index (χ3n) is 4.87. The highest BCUT2D eigenvalue weighted by atomic mass is 16.5. The molecule has 3 aromatic rings. The summed E-state index contributed by atoms with van der Waals surface area (Å²) in [5.74, 6) is -1.72. The fourth-order valence-electron chi connectivity index (χ4n) is 3.15. The van der Waals surface area contributed by atoms with Crippen molar-refractivity contribution in [3.63, 3.8) is 0 Å². The van der Waals surface area contributed by atoms with E-state index in [0.717, 1.165) is 15.7 Å². The van der Waals surface area contributed by atoms with Gasteiger partial charge in [-0.05, 0) is 31.5 Å². The van der Waals surface area contributed by atoms with Crippen LogP contribution < -0.4 is 17.0 Å². The molecule has 8 nitrogen and oxygen atoms in total. The van der Waals surface area contributed by atoms with E-state index in [4.69, 9.17) is 10.5 Å². The van der Waals surface area contributed by atoms with Crippen LogP contribution in [-0.4, -0.2) is 27.5 Å². The number of hydrogen-bond acceptors (Lipinski definition) is 6. The van der Waals surface area contributed by atoms with Crippen LogP contribution in [0.3, 0.4) is 0 Å². The van der Waals surface area contributed by atoms with Crippen LogP contribution in [0.15, 0.2) is 64.2 Å². The summed E-state index contributed by atoms with van der Waals surface area (Å²) in [5, 5.41) is 0. The Balaban J connectivity index is 1.92. The molecule has 0 saturated heterocycles. The quantitative estimate of drug-likeness (QED) is 0.461. The molecule has 0 saturated carbocycles. The lowest BCUT2D eigenvalue weighted by Crippen LogP contribution is -2.44. The highest BCUT2D eigenvalue weighted by molar-refractivity contribution is 6.02. The number of aryl methyl sites for hydroxylation is 1. The first kappa shape index (κ1) is 21.8. The van der Waals surface area contributed by atoms with E-state index in [1.54, 1.807) is 43.3 Å². The molecule has 2 N–H and O–H groups in total. The summed E-state index contributed by atoms with van der Waals surface area (Å²) in [7, 11) is 0. The van der Waals surface area contributed by atoms with E-state index in [1.807, 2.05) is 25.1 Å². The van der Waals surface area contributed by atoms with E-state index >= 15 is 0 Å². The smallest absolute Gasteiger partial charge is 0.338 e. The molecule has 0 aliphatic rings. The first-order chi connectivity index (χ1) is 14.8. The van der Waals surface area contributed by atoms with E-state index < -0.39 is 29.6 Å². The van der Waals surface area contributed by atoms with Crippen LogP contribution in [-0.2, 0) is 17.8 Å². The number of nitrogens with two attached hydrogens (primary N) is 1. The van der Waals surface area contributed by atoms with Crippen molar-refractivity contribution in [2.45, 2.75) is 26.9 Å². The van der Waals surface area contributed by atoms with Gasteiger partial charge in [-0.3, -0.25) is 18.7 Å². The second-order valence-corrected chi connectivity index (χ2v) is 7.03. The summed E-state index contributed by atoms with van der Waals surface area (Å²) in [6.45, 7) is 2.99. The van der Waals surface area contributed by atoms with Gasteiger partial charge in [0, 0.05) is 6.54 Å². The van der Waals surface area contributed by atoms with Crippen LogP contribution in [0.1, 0.15) is 38.8 Å². The minimum atomic E-state index is -0.800. The second kappa shape index (κ2) is 9.25. The zero-order valence-corrected chi connectivity index (χ0v) is 17.3. The monoisotopic (exact) mass is 421 g/mol. The average molecular weight is 421 g/mol. The van der Waals surface area contributed by atoms with Gasteiger partial charge in [0.1, 0.15) is 11.4 Å². The third-order valence-corrected chi connectivity index (χ3v) is 4.87. The number of hydrogen-bond donors (Lipinski definition) is 1. The molecule has 0 amide bonds. The van der Waals surface area contributed by atoms with Crippen molar-refractivity contribution in [3.8, 4) is 0 Å². The molecule has 0 bridgehead atoms. The van der Waals surface area contributed by atoms with Crippen LogP contribution >= 0.6 is 0 Å². The van der Waals surface area contributed by atoms with Crippen molar-refractivity contribution in [1.82, 2.24) is 9.13 Å². The molecule has 0 radical (unpaired) electrons. The Morgan fingerprint density at radius 3 is 2.23 bits per heavy atom. The number of ketones is 1. The van der Waals surface area contributed by atoms with Crippen molar-refractivity contribution in [2.24, 2.45) is 0 Å². The number of Topliss-reactive ketones (excluding diaryl/α,β-unsaturated/α-hetero) is 1. The molecular formula is C23H23N3O5. The molecule has 0 spiro atoms. The van der Waals surface area contributed by atoms with Crippen LogP contribution in [0.25, 0.3) is 0 Å². The topological polar surface area (TPSA) is 113 Å². The largest absolute Gasteiger partial charge is 0.454 e. The number of rotatable bonds is 7. The minimum Gasteiger partial charge on any atom is -0.454 e. The van der Waals surface area contributed by atoms with Crippen molar-refractivity contribution in [1.29, 1.82) is 0 Å². The molecule has 0 aliphatic carbocycles. The number of aromatic nitrogens is 2. The van der Waals surface area contributed by atoms with Gasteiger partial charge in [0.15, 0.2) is 6.61 Å². The van der Waals surface area contributed by atoms with E-state index in [0.29, 0.717) is 0 Å². The molecule has 1 heterocycles. The van der Waals surface area contributed by atoms with E-state index in [-0.39, 0.29) is 30.0 Å². The molecule has 0 aliphatic heterocycles. The fourth-order valence-corrected chi connectivity index (χ4v) is 3.15. The molecular weight excluding hydrogens is 398 g/mol. The lowest BCUT2D eigenvalue weighted by Gasteiger charge is -2.16. The standard InChI is InChI=1S/C23H23N3O5/c1-3-25-21(28)19(18(27)14-31-22(29)17-11-9-15(2)10-12-17)20(24)26(23(25)30)13-16-7-5-4-6-8-16/h4-12H,3,13-14,24H2,1-2H3. The molecule has 8 heteroatoms.